The van der Waals surface area contributed by atoms with E-state index in [0.717, 1.165) is 22.3 Å². The summed E-state index contributed by atoms with van der Waals surface area (Å²) in [5, 5.41) is 4.39. The summed E-state index contributed by atoms with van der Waals surface area (Å²) < 4.78 is 4.82. The van der Waals surface area contributed by atoms with Gasteiger partial charge in [0.2, 0.25) is 0 Å². The van der Waals surface area contributed by atoms with Gasteiger partial charge in [-0.3, -0.25) is 9.48 Å². The van der Waals surface area contributed by atoms with E-state index < -0.39 is 0 Å². The highest BCUT2D eigenvalue weighted by molar-refractivity contribution is 7.16. The Morgan fingerprint density at radius 3 is 2.77 bits per heavy atom. The third-order valence-electron chi connectivity index (χ3n) is 4.23. The number of amides is 1. The highest BCUT2D eigenvalue weighted by atomic mass is 32.1. The summed E-state index contributed by atoms with van der Waals surface area (Å²) in [5.74, 6) is 2.30. The van der Waals surface area contributed by atoms with Crippen molar-refractivity contribution in [2.75, 3.05) is 0 Å². The summed E-state index contributed by atoms with van der Waals surface area (Å²) in [6.45, 7) is 8.49. The second kappa shape index (κ2) is 7.30. The second-order valence-electron chi connectivity index (χ2n) is 6.46. The highest BCUT2D eigenvalue weighted by Crippen LogP contribution is 2.20. The number of fused-ring (bicyclic) bond motifs is 1. The van der Waals surface area contributed by atoms with Crippen LogP contribution in [0, 0.1) is 19.3 Å². The molecule has 0 atom stereocenters. The fourth-order valence-corrected chi connectivity index (χ4v) is 4.02. The average molecular weight is 366 g/mol. The maximum atomic E-state index is 12.7. The Morgan fingerprint density at radius 2 is 2.15 bits per heavy atom. The van der Waals surface area contributed by atoms with Gasteiger partial charge in [0.15, 0.2) is 10.5 Å². The molecular weight excluding hydrogens is 344 g/mol. The van der Waals surface area contributed by atoms with Crippen molar-refractivity contribution in [3.8, 4) is 12.3 Å². The SMILES string of the molecule is C#CCn1c(=NC(=O)c2cc(C)n(C(C)C)n2)sc2cc(CC)ccc21. The molecule has 0 aliphatic carbocycles. The van der Waals surface area contributed by atoms with Gasteiger partial charge in [-0.15, -0.1) is 6.42 Å². The molecule has 2 heterocycles. The number of terminal acetylenes is 1. The molecule has 134 valence electrons. The first-order valence-electron chi connectivity index (χ1n) is 8.65. The van der Waals surface area contributed by atoms with Crippen molar-refractivity contribution in [2.45, 2.75) is 46.7 Å². The quantitative estimate of drug-likeness (QED) is 0.661. The molecule has 1 amide bonds. The molecule has 0 saturated carbocycles. The van der Waals surface area contributed by atoms with Crippen LogP contribution < -0.4 is 4.80 Å². The number of hydrogen-bond acceptors (Lipinski definition) is 3. The number of benzene rings is 1. The van der Waals surface area contributed by atoms with E-state index in [2.05, 4.69) is 35.1 Å². The van der Waals surface area contributed by atoms with Crippen molar-refractivity contribution in [3.05, 3.63) is 46.0 Å². The predicted octanol–water partition coefficient (Wildman–Crippen LogP) is 3.73. The van der Waals surface area contributed by atoms with Crippen LogP contribution in [0.3, 0.4) is 0 Å². The Balaban J connectivity index is 2.11. The zero-order chi connectivity index (χ0) is 18.8. The molecule has 26 heavy (non-hydrogen) atoms. The van der Waals surface area contributed by atoms with Crippen LogP contribution in [0.2, 0.25) is 0 Å². The number of hydrogen-bond donors (Lipinski definition) is 0. The Kier molecular flexibility index (Phi) is 5.10. The smallest absolute Gasteiger partial charge is 0.300 e. The molecule has 0 N–H and O–H groups in total. The molecule has 1 aromatic carbocycles. The van der Waals surface area contributed by atoms with E-state index in [0.29, 0.717) is 17.0 Å². The Labute approximate surface area is 157 Å². The molecule has 0 aliphatic heterocycles. The van der Waals surface area contributed by atoms with Gasteiger partial charge in [0.05, 0.1) is 16.8 Å². The van der Waals surface area contributed by atoms with Crippen molar-refractivity contribution in [1.82, 2.24) is 14.3 Å². The maximum Gasteiger partial charge on any atom is 0.300 e. The first-order chi connectivity index (χ1) is 12.4. The standard InChI is InChI=1S/C20H22N4OS/c1-6-10-23-17-9-8-15(7-2)12-18(17)26-20(23)21-19(25)16-11-14(5)24(22-16)13(3)4/h1,8-9,11-13H,7,10H2,2-5H3. The number of aromatic nitrogens is 3. The summed E-state index contributed by atoms with van der Waals surface area (Å²) in [6.07, 6.45) is 6.48. The van der Waals surface area contributed by atoms with Crippen molar-refractivity contribution in [1.29, 1.82) is 0 Å². The second-order valence-corrected chi connectivity index (χ2v) is 7.47. The Hall–Kier alpha value is -2.65. The zero-order valence-electron chi connectivity index (χ0n) is 15.5. The van der Waals surface area contributed by atoms with Crippen LogP contribution in [0.15, 0.2) is 29.3 Å². The lowest BCUT2D eigenvalue weighted by atomic mass is 10.2. The fraction of sp³-hybridized carbons (Fsp3) is 0.350. The average Bonchev–Trinajstić information content (AvgIpc) is 3.16. The van der Waals surface area contributed by atoms with E-state index in [9.17, 15) is 4.79 Å². The number of carbonyl (C=O) groups excluding carboxylic acids is 1. The molecule has 0 saturated heterocycles. The van der Waals surface area contributed by atoms with E-state index in [1.165, 1.54) is 16.9 Å². The van der Waals surface area contributed by atoms with Crippen LogP contribution >= 0.6 is 11.3 Å². The van der Waals surface area contributed by atoms with Gasteiger partial charge in [-0.2, -0.15) is 10.1 Å². The molecule has 3 aromatic rings. The largest absolute Gasteiger partial charge is 0.305 e. The van der Waals surface area contributed by atoms with Crippen LogP contribution in [-0.4, -0.2) is 20.3 Å². The normalized spacial score (nSPS) is 12.1. The van der Waals surface area contributed by atoms with Gasteiger partial charge in [0.25, 0.3) is 5.91 Å². The van der Waals surface area contributed by atoms with Crippen molar-refractivity contribution >= 4 is 27.5 Å². The molecule has 2 aromatic heterocycles. The van der Waals surface area contributed by atoms with Crippen LogP contribution in [0.5, 0.6) is 0 Å². The predicted molar refractivity (Wildman–Crippen MR) is 105 cm³/mol. The van der Waals surface area contributed by atoms with Gasteiger partial charge >= 0.3 is 0 Å². The van der Waals surface area contributed by atoms with Crippen molar-refractivity contribution in [3.63, 3.8) is 0 Å². The van der Waals surface area contributed by atoms with Gasteiger partial charge in [-0.1, -0.05) is 30.2 Å². The van der Waals surface area contributed by atoms with Gasteiger partial charge in [0.1, 0.15) is 0 Å². The van der Waals surface area contributed by atoms with Gasteiger partial charge < -0.3 is 4.57 Å². The monoisotopic (exact) mass is 366 g/mol. The van der Waals surface area contributed by atoms with E-state index >= 15 is 0 Å². The molecular formula is C20H22N4OS. The summed E-state index contributed by atoms with van der Waals surface area (Å²) in [6, 6.07) is 8.23. The molecule has 0 fully saturated rings. The molecule has 3 rings (SSSR count). The van der Waals surface area contributed by atoms with E-state index in [-0.39, 0.29) is 11.9 Å². The van der Waals surface area contributed by atoms with Gasteiger partial charge in [0, 0.05) is 11.7 Å². The summed E-state index contributed by atoms with van der Waals surface area (Å²) in [5.41, 5.74) is 3.55. The Morgan fingerprint density at radius 1 is 1.38 bits per heavy atom. The minimum absolute atomic E-state index is 0.194. The lowest BCUT2D eigenvalue weighted by Gasteiger charge is -2.06. The molecule has 0 bridgehead atoms. The number of rotatable bonds is 4. The minimum Gasteiger partial charge on any atom is -0.305 e. The molecule has 5 nitrogen and oxygen atoms in total. The van der Waals surface area contributed by atoms with Crippen molar-refractivity contribution in [2.24, 2.45) is 4.99 Å². The molecule has 0 unspecified atom stereocenters. The van der Waals surface area contributed by atoms with Crippen LogP contribution in [-0.2, 0) is 13.0 Å². The molecule has 0 spiro atoms. The summed E-state index contributed by atoms with van der Waals surface area (Å²) in [7, 11) is 0. The maximum absolute atomic E-state index is 12.7. The van der Waals surface area contributed by atoms with Crippen LogP contribution in [0.4, 0.5) is 0 Å². The topological polar surface area (TPSA) is 52.2 Å². The summed E-state index contributed by atoms with van der Waals surface area (Å²) in [4.78, 5) is 17.6. The molecule has 6 heteroatoms. The highest BCUT2D eigenvalue weighted by Gasteiger charge is 2.14. The first kappa shape index (κ1) is 18.2. The van der Waals surface area contributed by atoms with E-state index in [1.807, 2.05) is 36.1 Å². The van der Waals surface area contributed by atoms with Gasteiger partial charge in [-0.25, -0.2) is 0 Å². The number of thiazole rings is 1. The molecule has 0 radical (unpaired) electrons. The van der Waals surface area contributed by atoms with E-state index in [1.54, 1.807) is 6.07 Å². The number of carbonyl (C=O) groups is 1. The third kappa shape index (κ3) is 3.35. The first-order valence-corrected chi connectivity index (χ1v) is 9.47. The fourth-order valence-electron chi connectivity index (χ4n) is 2.93. The van der Waals surface area contributed by atoms with E-state index in [4.69, 9.17) is 6.42 Å². The number of aryl methyl sites for hydroxylation is 2. The van der Waals surface area contributed by atoms with Crippen molar-refractivity contribution < 1.29 is 4.79 Å². The van der Waals surface area contributed by atoms with Crippen LogP contribution in [0.1, 0.15) is 48.6 Å². The minimum atomic E-state index is -0.347. The summed E-state index contributed by atoms with van der Waals surface area (Å²) >= 11 is 1.48. The zero-order valence-corrected chi connectivity index (χ0v) is 16.3. The Bertz CT molecular complexity index is 1080. The van der Waals surface area contributed by atoms with Crippen LogP contribution in [0.25, 0.3) is 10.2 Å². The van der Waals surface area contributed by atoms with Gasteiger partial charge in [-0.05, 0) is 51.0 Å². The molecule has 0 aliphatic rings. The number of nitrogens with zero attached hydrogens (tertiary/aromatic N) is 4. The lowest BCUT2D eigenvalue weighted by Crippen LogP contribution is -2.16. The third-order valence-corrected chi connectivity index (χ3v) is 5.27. The lowest BCUT2D eigenvalue weighted by molar-refractivity contribution is 0.0992.